The third-order valence-electron chi connectivity index (χ3n) is 5.84. The number of halogens is 3. The van der Waals surface area contributed by atoms with Crippen molar-refractivity contribution in [3.63, 3.8) is 0 Å². The summed E-state index contributed by atoms with van der Waals surface area (Å²) in [5, 5.41) is 2.59. The van der Waals surface area contributed by atoms with Gasteiger partial charge in [-0.2, -0.15) is 0 Å². The van der Waals surface area contributed by atoms with E-state index in [1.807, 2.05) is 30.3 Å². The van der Waals surface area contributed by atoms with Crippen molar-refractivity contribution in [2.24, 2.45) is 0 Å². The highest BCUT2D eigenvalue weighted by Crippen LogP contribution is 2.38. The number of carbonyl (C=O) groups excluding carboxylic acids is 2. The molecule has 0 aromatic heterocycles. The minimum absolute atomic E-state index is 0.152. The first-order valence-corrected chi connectivity index (χ1v) is 14.4. The van der Waals surface area contributed by atoms with Crippen LogP contribution < -0.4 is 9.47 Å². The first kappa shape index (κ1) is 26.8. The number of imide groups is 1. The van der Waals surface area contributed by atoms with E-state index in [0.29, 0.717) is 28.0 Å². The third-order valence-corrected chi connectivity index (χ3v) is 8.18. The SMILES string of the molecule is O=C1S/C(=C\c2cc(Br)c(OCc3cccc4ccccc34)c(Br)c2)C(=O)N1CCOc1ccc(Cl)cc1. The van der Waals surface area contributed by atoms with Crippen LogP contribution in [0.2, 0.25) is 5.02 Å². The molecule has 0 spiro atoms. The lowest BCUT2D eigenvalue weighted by atomic mass is 10.1. The Kier molecular flexibility index (Phi) is 8.43. The van der Waals surface area contributed by atoms with Crippen molar-refractivity contribution in [2.75, 3.05) is 13.2 Å². The Bertz CT molecular complexity index is 1530. The predicted molar refractivity (Wildman–Crippen MR) is 160 cm³/mol. The molecule has 1 aliphatic heterocycles. The number of amides is 2. The summed E-state index contributed by atoms with van der Waals surface area (Å²) in [7, 11) is 0. The van der Waals surface area contributed by atoms with E-state index in [2.05, 4.69) is 56.1 Å². The molecule has 4 aromatic rings. The summed E-state index contributed by atoms with van der Waals surface area (Å²) in [6.07, 6.45) is 1.70. The van der Waals surface area contributed by atoms with E-state index < -0.39 is 0 Å². The van der Waals surface area contributed by atoms with Crippen LogP contribution in [-0.2, 0) is 11.4 Å². The lowest BCUT2D eigenvalue weighted by Crippen LogP contribution is -2.32. The summed E-state index contributed by atoms with van der Waals surface area (Å²) in [5.74, 6) is 0.931. The lowest BCUT2D eigenvalue weighted by Gasteiger charge is -2.13. The van der Waals surface area contributed by atoms with Gasteiger partial charge in [0.15, 0.2) is 0 Å². The molecule has 0 aliphatic carbocycles. The van der Waals surface area contributed by atoms with Crippen LogP contribution in [0.15, 0.2) is 92.7 Å². The summed E-state index contributed by atoms with van der Waals surface area (Å²) in [6, 6.07) is 25.0. The molecule has 2 amide bonds. The molecule has 1 heterocycles. The molecule has 38 heavy (non-hydrogen) atoms. The standard InChI is InChI=1S/C29H20Br2ClNO4S/c30-24-14-18(15-25(31)27(24)37-17-20-6-3-5-19-4-1-2-7-23(19)20)16-26-28(34)33(29(35)38-26)12-13-36-22-10-8-21(32)9-11-22/h1-11,14-16H,12-13,17H2/b26-16-. The van der Waals surface area contributed by atoms with Crippen molar-refractivity contribution in [1.29, 1.82) is 0 Å². The molecule has 1 fully saturated rings. The van der Waals surface area contributed by atoms with Crippen molar-refractivity contribution in [1.82, 2.24) is 4.90 Å². The summed E-state index contributed by atoms with van der Waals surface area (Å²) in [4.78, 5) is 26.9. The normalized spacial score (nSPS) is 14.5. The van der Waals surface area contributed by atoms with Gasteiger partial charge in [-0.05, 0) is 108 Å². The Morgan fingerprint density at radius 1 is 0.895 bits per heavy atom. The second kappa shape index (κ2) is 11.9. The Labute approximate surface area is 246 Å². The third kappa shape index (κ3) is 6.10. The van der Waals surface area contributed by atoms with Gasteiger partial charge in [0.2, 0.25) is 0 Å². The molecule has 1 aliphatic rings. The number of fused-ring (bicyclic) bond motifs is 1. The molecule has 1 saturated heterocycles. The summed E-state index contributed by atoms with van der Waals surface area (Å²) >= 11 is 14.0. The fraction of sp³-hybridized carbons (Fsp3) is 0.103. The van der Waals surface area contributed by atoms with Crippen LogP contribution >= 0.6 is 55.2 Å². The number of ether oxygens (including phenoxy) is 2. The van der Waals surface area contributed by atoms with Gasteiger partial charge in [-0.3, -0.25) is 14.5 Å². The minimum Gasteiger partial charge on any atom is -0.492 e. The maximum Gasteiger partial charge on any atom is 0.293 e. The average molecular weight is 674 g/mol. The van der Waals surface area contributed by atoms with E-state index in [1.165, 1.54) is 4.90 Å². The fourth-order valence-corrected chi connectivity index (χ4v) is 6.44. The summed E-state index contributed by atoms with van der Waals surface area (Å²) in [6.45, 7) is 0.737. The number of hydrogen-bond donors (Lipinski definition) is 0. The van der Waals surface area contributed by atoms with E-state index >= 15 is 0 Å². The molecular weight excluding hydrogens is 654 g/mol. The first-order valence-electron chi connectivity index (χ1n) is 11.6. The van der Waals surface area contributed by atoms with Crippen LogP contribution in [0, 0.1) is 0 Å². The zero-order valence-corrected chi connectivity index (χ0v) is 24.6. The van der Waals surface area contributed by atoms with Crippen molar-refractivity contribution < 1.29 is 19.1 Å². The molecule has 4 aromatic carbocycles. The number of benzene rings is 4. The van der Waals surface area contributed by atoms with Gasteiger partial charge in [0, 0.05) is 5.02 Å². The maximum absolute atomic E-state index is 12.9. The molecule has 192 valence electrons. The zero-order chi connectivity index (χ0) is 26.6. The first-order chi connectivity index (χ1) is 18.4. The number of carbonyl (C=O) groups is 2. The van der Waals surface area contributed by atoms with Crippen LogP contribution in [0.1, 0.15) is 11.1 Å². The molecule has 0 radical (unpaired) electrons. The van der Waals surface area contributed by atoms with Gasteiger partial charge in [0.05, 0.1) is 20.4 Å². The number of rotatable bonds is 8. The quantitative estimate of drug-likeness (QED) is 0.175. The molecule has 5 nitrogen and oxygen atoms in total. The van der Waals surface area contributed by atoms with Gasteiger partial charge >= 0.3 is 0 Å². The number of thioether (sulfide) groups is 1. The number of hydrogen-bond acceptors (Lipinski definition) is 5. The highest BCUT2D eigenvalue weighted by molar-refractivity contribution is 9.11. The van der Waals surface area contributed by atoms with Crippen LogP contribution in [0.3, 0.4) is 0 Å². The zero-order valence-electron chi connectivity index (χ0n) is 19.8. The molecule has 0 N–H and O–H groups in total. The Morgan fingerprint density at radius 2 is 1.61 bits per heavy atom. The molecule has 9 heteroatoms. The van der Waals surface area contributed by atoms with Crippen LogP contribution in [0.25, 0.3) is 16.8 Å². The summed E-state index contributed by atoms with van der Waals surface area (Å²) < 4.78 is 13.3. The lowest BCUT2D eigenvalue weighted by molar-refractivity contribution is -0.123. The van der Waals surface area contributed by atoms with Gasteiger partial charge in [0.1, 0.15) is 24.7 Å². The van der Waals surface area contributed by atoms with E-state index in [0.717, 1.165) is 42.6 Å². The fourth-order valence-electron chi connectivity index (χ4n) is 4.00. The van der Waals surface area contributed by atoms with Gasteiger partial charge in [-0.25, -0.2) is 0 Å². The Morgan fingerprint density at radius 3 is 2.37 bits per heavy atom. The largest absolute Gasteiger partial charge is 0.492 e. The maximum atomic E-state index is 12.9. The highest BCUT2D eigenvalue weighted by Gasteiger charge is 2.34. The van der Waals surface area contributed by atoms with Crippen LogP contribution in [-0.4, -0.2) is 29.2 Å². The van der Waals surface area contributed by atoms with E-state index in [-0.39, 0.29) is 24.3 Å². The molecule has 5 rings (SSSR count). The summed E-state index contributed by atoms with van der Waals surface area (Å²) in [5.41, 5.74) is 1.84. The molecule has 0 unspecified atom stereocenters. The predicted octanol–water partition coefficient (Wildman–Crippen LogP) is 8.71. The second-order valence-electron chi connectivity index (χ2n) is 8.38. The Hall–Kier alpha value is -2.78. The monoisotopic (exact) mass is 671 g/mol. The van der Waals surface area contributed by atoms with Crippen molar-refractivity contribution >= 4 is 83.2 Å². The van der Waals surface area contributed by atoms with E-state index in [1.54, 1.807) is 30.3 Å². The van der Waals surface area contributed by atoms with Crippen molar-refractivity contribution in [3.8, 4) is 11.5 Å². The molecular formula is C29H20Br2ClNO4S. The van der Waals surface area contributed by atoms with Gasteiger partial charge in [-0.15, -0.1) is 0 Å². The molecule has 0 bridgehead atoms. The van der Waals surface area contributed by atoms with Gasteiger partial charge in [-0.1, -0.05) is 54.1 Å². The van der Waals surface area contributed by atoms with Crippen molar-refractivity contribution in [3.05, 3.63) is 109 Å². The second-order valence-corrected chi connectivity index (χ2v) is 11.5. The van der Waals surface area contributed by atoms with E-state index in [4.69, 9.17) is 21.1 Å². The average Bonchev–Trinajstić information content (AvgIpc) is 3.16. The Balaban J connectivity index is 1.25. The van der Waals surface area contributed by atoms with Gasteiger partial charge < -0.3 is 9.47 Å². The molecule has 0 atom stereocenters. The van der Waals surface area contributed by atoms with Gasteiger partial charge in [0.25, 0.3) is 11.1 Å². The highest BCUT2D eigenvalue weighted by atomic mass is 79.9. The smallest absolute Gasteiger partial charge is 0.293 e. The van der Waals surface area contributed by atoms with Crippen molar-refractivity contribution in [2.45, 2.75) is 6.61 Å². The number of nitrogens with zero attached hydrogens (tertiary/aromatic N) is 1. The van der Waals surface area contributed by atoms with E-state index in [9.17, 15) is 9.59 Å². The molecule has 0 saturated carbocycles. The topological polar surface area (TPSA) is 55.8 Å². The minimum atomic E-state index is -0.344. The van der Waals surface area contributed by atoms with Crippen LogP contribution in [0.5, 0.6) is 11.5 Å². The van der Waals surface area contributed by atoms with Crippen LogP contribution in [0.4, 0.5) is 4.79 Å².